The molecule has 1 aromatic rings. The average molecular weight is 551 g/mol. The quantitative estimate of drug-likeness (QED) is 0.442. The minimum atomic E-state index is -1.39. The van der Waals surface area contributed by atoms with Crippen molar-refractivity contribution in [1.29, 1.82) is 0 Å². The highest BCUT2D eigenvalue weighted by atomic mass is 16.6. The maximum Gasteiger partial charge on any atom is 0.313 e. The Bertz CT molecular complexity index is 1240. The summed E-state index contributed by atoms with van der Waals surface area (Å²) in [5.74, 6) is -3.08. The van der Waals surface area contributed by atoms with Crippen LogP contribution in [0.3, 0.4) is 0 Å². The first-order valence-corrected chi connectivity index (χ1v) is 14.6. The van der Waals surface area contributed by atoms with Gasteiger partial charge in [0.2, 0.25) is 5.91 Å². The molecule has 4 heterocycles. The molecule has 40 heavy (non-hydrogen) atoms. The summed E-state index contributed by atoms with van der Waals surface area (Å²) in [5, 5.41) is 10.6. The minimum Gasteiger partial charge on any atom is -0.465 e. The van der Waals surface area contributed by atoms with Crippen LogP contribution >= 0.6 is 0 Å². The van der Waals surface area contributed by atoms with E-state index < -0.39 is 41.1 Å². The predicted octanol–water partition coefficient (Wildman–Crippen LogP) is 3.87. The molecule has 4 aliphatic rings. The van der Waals surface area contributed by atoms with Gasteiger partial charge in [0.15, 0.2) is 0 Å². The van der Waals surface area contributed by atoms with Gasteiger partial charge in [-0.3, -0.25) is 14.4 Å². The third kappa shape index (κ3) is 4.40. The summed E-state index contributed by atoms with van der Waals surface area (Å²) < 4.78 is 12.6. The van der Waals surface area contributed by atoms with Gasteiger partial charge in [-0.15, -0.1) is 0 Å². The maximum atomic E-state index is 14.7. The van der Waals surface area contributed by atoms with Crippen LogP contribution in [0.2, 0.25) is 0 Å². The Morgan fingerprint density at radius 1 is 1.07 bits per heavy atom. The van der Waals surface area contributed by atoms with Crippen molar-refractivity contribution in [3.63, 3.8) is 0 Å². The number of hydrogen-bond acceptors (Lipinski definition) is 6. The van der Waals surface area contributed by atoms with Crippen LogP contribution in [0.25, 0.3) is 0 Å². The van der Waals surface area contributed by atoms with Crippen LogP contribution in [-0.4, -0.2) is 70.8 Å². The number of carbonyl (C=O) groups is 3. The number of aliphatic hydroxyl groups excluding tert-OH is 1. The smallest absolute Gasteiger partial charge is 0.313 e. The Balaban J connectivity index is 1.70. The van der Waals surface area contributed by atoms with Crippen LogP contribution < -0.4 is 4.90 Å². The third-order valence-electron chi connectivity index (χ3n) is 9.44. The summed E-state index contributed by atoms with van der Waals surface area (Å²) >= 11 is 0. The molecule has 2 saturated heterocycles. The lowest BCUT2D eigenvalue weighted by molar-refractivity contribution is -0.160. The molecule has 7 atom stereocenters. The zero-order chi connectivity index (χ0) is 28.8. The van der Waals surface area contributed by atoms with Crippen molar-refractivity contribution in [1.82, 2.24) is 4.90 Å². The Labute approximate surface area is 237 Å². The van der Waals surface area contributed by atoms with Crippen molar-refractivity contribution in [2.45, 2.75) is 83.6 Å². The topological polar surface area (TPSA) is 96.4 Å². The van der Waals surface area contributed by atoms with Crippen LogP contribution in [0.15, 0.2) is 42.5 Å². The lowest BCUT2D eigenvalue weighted by atomic mass is 9.74. The normalized spacial score (nSPS) is 34.5. The number of hydrogen-bond donors (Lipinski definition) is 1. The first-order valence-electron chi connectivity index (χ1n) is 14.6. The largest absolute Gasteiger partial charge is 0.465 e. The van der Waals surface area contributed by atoms with Gasteiger partial charge in [0.1, 0.15) is 17.6 Å². The highest BCUT2D eigenvalue weighted by molar-refractivity contribution is 6.06. The molecule has 2 amide bonds. The standard InChI is InChI=1S/C32H42N2O6/c1-6-21(3)24(19-35)34-27-29(37)33(23-18-20(2)12-13-22(23)4)16-11-15-32(27)25(28(34)36)26-30(38)39-17-10-8-7-9-14-31(26,5)40-32/h9,11-15,18,21,24-27,35H,6-8,10,16-17,19H2,1-5H3/b14-9-/t21-,24-,25-,26-,27?,31+,32-/m0/s1. The third-order valence-corrected chi connectivity index (χ3v) is 9.44. The van der Waals surface area contributed by atoms with E-state index in [-0.39, 0.29) is 30.9 Å². The Kier molecular flexibility index (Phi) is 7.70. The Hall–Kier alpha value is -2.97. The highest BCUT2D eigenvalue weighted by Gasteiger charge is 2.75. The monoisotopic (exact) mass is 550 g/mol. The average Bonchev–Trinajstić information content (AvgIpc) is 3.25. The first-order chi connectivity index (χ1) is 19.1. The number of anilines is 1. The molecule has 216 valence electrons. The number of cyclic esters (lactones) is 1. The van der Waals surface area contributed by atoms with E-state index >= 15 is 0 Å². The van der Waals surface area contributed by atoms with Crippen LogP contribution in [0.1, 0.15) is 57.6 Å². The van der Waals surface area contributed by atoms with Crippen molar-refractivity contribution >= 4 is 23.5 Å². The Morgan fingerprint density at radius 3 is 2.58 bits per heavy atom. The zero-order valence-electron chi connectivity index (χ0n) is 24.3. The molecule has 2 fully saturated rings. The molecule has 8 heteroatoms. The fourth-order valence-electron chi connectivity index (χ4n) is 7.13. The molecule has 0 aliphatic carbocycles. The molecule has 0 bridgehead atoms. The molecule has 0 radical (unpaired) electrons. The van der Waals surface area contributed by atoms with E-state index in [0.29, 0.717) is 13.0 Å². The van der Waals surface area contributed by atoms with Crippen LogP contribution in [-0.2, 0) is 23.9 Å². The summed E-state index contributed by atoms with van der Waals surface area (Å²) in [6, 6.07) is 4.31. The number of carbonyl (C=O) groups excluding carboxylic acids is 3. The SMILES string of the molecule is CC[C@H](C)[C@H](CO)N1C(=O)[C@@H]2[C@H]3C(=O)OCCCC/C=C\[C@@]3(C)O[C@@]23C=CCN(c2cc(C)ccc2C)C(=O)C13. The number of esters is 1. The van der Waals surface area contributed by atoms with Crippen LogP contribution in [0, 0.1) is 31.6 Å². The summed E-state index contributed by atoms with van der Waals surface area (Å²) in [6.45, 7) is 10.0. The Morgan fingerprint density at radius 2 is 1.85 bits per heavy atom. The van der Waals surface area contributed by atoms with Crippen LogP contribution in [0.5, 0.6) is 0 Å². The van der Waals surface area contributed by atoms with E-state index in [9.17, 15) is 19.5 Å². The summed E-state index contributed by atoms with van der Waals surface area (Å²) in [6.07, 6.45) is 10.8. The van der Waals surface area contributed by atoms with E-state index in [4.69, 9.17) is 9.47 Å². The van der Waals surface area contributed by atoms with Crippen molar-refractivity contribution < 1.29 is 29.0 Å². The van der Waals surface area contributed by atoms with Gasteiger partial charge >= 0.3 is 5.97 Å². The second kappa shape index (κ2) is 10.8. The number of aliphatic hydroxyl groups is 1. The molecule has 1 N–H and O–H groups in total. The van der Waals surface area contributed by atoms with E-state index in [1.165, 1.54) is 0 Å². The number of allylic oxidation sites excluding steroid dienone is 1. The molecule has 0 aromatic heterocycles. The van der Waals surface area contributed by atoms with E-state index in [0.717, 1.165) is 36.1 Å². The summed E-state index contributed by atoms with van der Waals surface area (Å²) in [7, 11) is 0. The number of ether oxygens (including phenoxy) is 2. The van der Waals surface area contributed by atoms with E-state index in [1.54, 1.807) is 9.80 Å². The van der Waals surface area contributed by atoms with Gasteiger partial charge in [-0.25, -0.2) is 0 Å². The molecular formula is C32H42N2O6. The van der Waals surface area contributed by atoms with Gasteiger partial charge in [-0.05, 0) is 63.1 Å². The number of nitrogens with zero attached hydrogens (tertiary/aromatic N) is 2. The maximum absolute atomic E-state index is 14.7. The molecule has 1 unspecified atom stereocenters. The zero-order valence-corrected chi connectivity index (χ0v) is 24.3. The molecule has 4 aliphatic heterocycles. The molecule has 8 nitrogen and oxygen atoms in total. The van der Waals surface area contributed by atoms with Gasteiger partial charge in [0.05, 0.1) is 30.8 Å². The second-order valence-electron chi connectivity index (χ2n) is 12.1. The molecule has 5 rings (SSSR count). The van der Waals surface area contributed by atoms with E-state index in [2.05, 4.69) is 0 Å². The lowest BCUT2D eigenvalue weighted by Gasteiger charge is -2.41. The number of likely N-dealkylation sites (tertiary alicyclic amines) is 1. The van der Waals surface area contributed by atoms with Gasteiger partial charge in [0.25, 0.3) is 5.91 Å². The highest BCUT2D eigenvalue weighted by Crippen LogP contribution is 2.58. The number of rotatable bonds is 5. The summed E-state index contributed by atoms with van der Waals surface area (Å²) in [4.78, 5) is 46.3. The van der Waals surface area contributed by atoms with Crippen LogP contribution in [0.4, 0.5) is 5.69 Å². The minimum absolute atomic E-state index is 0.0821. The van der Waals surface area contributed by atoms with Gasteiger partial charge in [0, 0.05) is 12.2 Å². The van der Waals surface area contributed by atoms with E-state index in [1.807, 2.05) is 77.1 Å². The number of aryl methyl sites for hydroxylation is 2. The second-order valence-corrected chi connectivity index (χ2v) is 12.1. The molecular weight excluding hydrogens is 508 g/mol. The molecule has 1 spiro atoms. The number of fused-ring (bicyclic) bond motifs is 2. The fourth-order valence-corrected chi connectivity index (χ4v) is 7.13. The van der Waals surface area contributed by atoms with Crippen molar-refractivity contribution in [2.24, 2.45) is 17.8 Å². The number of benzene rings is 1. The van der Waals surface area contributed by atoms with Crippen molar-refractivity contribution in [3.05, 3.63) is 53.6 Å². The first kappa shape index (κ1) is 28.6. The lowest BCUT2D eigenvalue weighted by Crippen LogP contribution is -2.60. The number of amides is 2. The van der Waals surface area contributed by atoms with Gasteiger partial charge < -0.3 is 24.4 Å². The van der Waals surface area contributed by atoms with Gasteiger partial charge in [-0.2, -0.15) is 0 Å². The fraction of sp³-hybridized carbons (Fsp3) is 0.594. The molecule has 0 saturated carbocycles. The van der Waals surface area contributed by atoms with Crippen molar-refractivity contribution in [3.8, 4) is 0 Å². The predicted molar refractivity (Wildman–Crippen MR) is 152 cm³/mol. The van der Waals surface area contributed by atoms with Gasteiger partial charge in [-0.1, -0.05) is 56.7 Å². The summed E-state index contributed by atoms with van der Waals surface area (Å²) in [5.41, 5.74) is 0.205. The molecule has 1 aromatic carbocycles. The van der Waals surface area contributed by atoms with Crippen molar-refractivity contribution in [2.75, 3.05) is 24.7 Å².